The molecule has 0 bridgehead atoms. The van der Waals surface area contributed by atoms with Gasteiger partial charge in [0.1, 0.15) is 6.10 Å². The molecule has 0 spiro atoms. The van der Waals surface area contributed by atoms with E-state index in [1.807, 2.05) is 4.98 Å². The molecule has 2 N–H and O–H groups in total. The van der Waals surface area contributed by atoms with Crippen molar-refractivity contribution in [2.45, 2.75) is 31.0 Å². The molecular formula is C17H17FN2O6. The predicted octanol–water partition coefficient (Wildman–Crippen LogP) is 0.380. The lowest BCUT2D eigenvalue weighted by Crippen LogP contribution is -2.46. The molecule has 2 aromatic rings. The molecule has 0 radical (unpaired) electrons. The van der Waals surface area contributed by atoms with Crippen molar-refractivity contribution in [1.29, 1.82) is 0 Å². The van der Waals surface area contributed by atoms with Gasteiger partial charge in [0, 0.05) is 12.3 Å². The summed E-state index contributed by atoms with van der Waals surface area (Å²) >= 11 is 0. The number of aliphatic hydroxyl groups is 1. The fourth-order valence-corrected chi connectivity index (χ4v) is 2.91. The van der Waals surface area contributed by atoms with Crippen LogP contribution in [0.15, 0.2) is 52.2 Å². The minimum absolute atomic E-state index is 0.213. The Hall–Kier alpha value is -2.78. The van der Waals surface area contributed by atoms with Crippen LogP contribution in [0, 0.1) is 0 Å². The van der Waals surface area contributed by atoms with Crippen LogP contribution in [0.4, 0.5) is 4.39 Å². The standard InChI is InChI=1S/C17H17FN2O6/c1-17(18)13(26-14(23)10-5-3-2-4-6-10)11(9-21)25-15(17)20-8-7-12(22)19-16(20)24/h2-8,11,13,15,21H,9H2,1H3,(H,19,22,24)/t11-,13-,15-,17-/m1/s1. The van der Waals surface area contributed by atoms with Gasteiger partial charge in [0.25, 0.3) is 5.56 Å². The minimum atomic E-state index is -2.33. The second-order valence-electron chi connectivity index (χ2n) is 6.07. The molecule has 1 aromatic carbocycles. The maximum absolute atomic E-state index is 15.5. The zero-order valence-electron chi connectivity index (χ0n) is 13.8. The molecule has 0 saturated carbocycles. The summed E-state index contributed by atoms with van der Waals surface area (Å²) in [5.41, 5.74) is -3.64. The Morgan fingerprint density at radius 1 is 1.35 bits per heavy atom. The predicted molar refractivity (Wildman–Crippen MR) is 87.5 cm³/mol. The molecule has 1 aliphatic rings. The number of aromatic amines is 1. The van der Waals surface area contributed by atoms with Crippen LogP contribution in [-0.2, 0) is 9.47 Å². The summed E-state index contributed by atoms with van der Waals surface area (Å²) in [7, 11) is 0. The lowest BCUT2D eigenvalue weighted by Gasteiger charge is -2.27. The highest BCUT2D eigenvalue weighted by Crippen LogP contribution is 2.42. The molecule has 1 fully saturated rings. The second-order valence-corrected chi connectivity index (χ2v) is 6.07. The number of hydrogen-bond acceptors (Lipinski definition) is 6. The lowest BCUT2D eigenvalue weighted by molar-refractivity contribution is -0.0612. The number of benzene rings is 1. The summed E-state index contributed by atoms with van der Waals surface area (Å²) in [5.74, 6) is -0.781. The van der Waals surface area contributed by atoms with Crippen LogP contribution in [0.3, 0.4) is 0 Å². The van der Waals surface area contributed by atoms with E-state index in [9.17, 15) is 19.5 Å². The first kappa shape index (κ1) is 18.0. The number of carbonyl (C=O) groups excluding carboxylic acids is 1. The Bertz CT molecular complexity index is 907. The first-order valence-corrected chi connectivity index (χ1v) is 7.87. The molecule has 2 heterocycles. The van der Waals surface area contributed by atoms with E-state index in [4.69, 9.17) is 9.47 Å². The molecule has 1 aliphatic heterocycles. The number of ether oxygens (including phenoxy) is 2. The average molecular weight is 364 g/mol. The van der Waals surface area contributed by atoms with Crippen LogP contribution in [-0.4, -0.2) is 45.1 Å². The average Bonchev–Trinajstić information content (AvgIpc) is 2.86. The number of carbonyl (C=O) groups is 1. The molecule has 1 saturated heterocycles. The Morgan fingerprint density at radius 3 is 2.65 bits per heavy atom. The number of halogens is 1. The largest absolute Gasteiger partial charge is 0.452 e. The van der Waals surface area contributed by atoms with Crippen molar-refractivity contribution in [1.82, 2.24) is 9.55 Å². The van der Waals surface area contributed by atoms with Gasteiger partial charge in [0.15, 0.2) is 18.0 Å². The number of aliphatic hydroxyl groups excluding tert-OH is 1. The van der Waals surface area contributed by atoms with Gasteiger partial charge in [-0.25, -0.2) is 14.0 Å². The summed E-state index contributed by atoms with van der Waals surface area (Å²) in [6.07, 6.45) is -3.04. The molecule has 0 aliphatic carbocycles. The first-order chi connectivity index (χ1) is 12.3. The van der Waals surface area contributed by atoms with Gasteiger partial charge in [-0.1, -0.05) is 18.2 Å². The van der Waals surface area contributed by atoms with Gasteiger partial charge < -0.3 is 14.6 Å². The molecule has 0 unspecified atom stereocenters. The zero-order valence-corrected chi connectivity index (χ0v) is 13.8. The number of nitrogens with zero attached hydrogens (tertiary/aromatic N) is 1. The quantitative estimate of drug-likeness (QED) is 0.759. The molecule has 4 atom stereocenters. The van der Waals surface area contributed by atoms with Crippen molar-refractivity contribution in [3.05, 3.63) is 69.0 Å². The fraction of sp³-hybridized carbons (Fsp3) is 0.353. The van der Waals surface area contributed by atoms with Gasteiger partial charge in [-0.2, -0.15) is 0 Å². The summed E-state index contributed by atoms with van der Waals surface area (Å²) in [6.45, 7) is 0.481. The van der Waals surface area contributed by atoms with Crippen LogP contribution < -0.4 is 11.2 Å². The minimum Gasteiger partial charge on any atom is -0.452 e. The van der Waals surface area contributed by atoms with Crippen molar-refractivity contribution < 1.29 is 23.8 Å². The third kappa shape index (κ3) is 3.18. The van der Waals surface area contributed by atoms with E-state index < -0.39 is 47.9 Å². The van der Waals surface area contributed by atoms with Crippen LogP contribution in [0.2, 0.25) is 0 Å². The fourth-order valence-electron chi connectivity index (χ4n) is 2.91. The van der Waals surface area contributed by atoms with E-state index in [1.165, 1.54) is 12.1 Å². The molecule has 1 aromatic heterocycles. The third-order valence-corrected chi connectivity index (χ3v) is 4.21. The topological polar surface area (TPSA) is 111 Å². The van der Waals surface area contributed by atoms with Crippen molar-refractivity contribution in [3.8, 4) is 0 Å². The number of nitrogens with one attached hydrogen (secondary N) is 1. The van der Waals surface area contributed by atoms with E-state index >= 15 is 4.39 Å². The molecule has 3 rings (SSSR count). The van der Waals surface area contributed by atoms with Gasteiger partial charge in [-0.15, -0.1) is 0 Å². The highest BCUT2D eigenvalue weighted by Gasteiger charge is 2.58. The highest BCUT2D eigenvalue weighted by molar-refractivity contribution is 5.89. The second kappa shape index (κ2) is 6.85. The SMILES string of the molecule is C[C@@]1(F)[C@H](OC(=O)c2ccccc2)[C@@H](CO)O[C@H]1n1ccc(=O)[nH]c1=O. The van der Waals surface area contributed by atoms with Crippen molar-refractivity contribution in [2.75, 3.05) is 6.61 Å². The zero-order chi connectivity index (χ0) is 18.9. The van der Waals surface area contributed by atoms with Gasteiger partial charge in [-0.05, 0) is 19.1 Å². The van der Waals surface area contributed by atoms with Crippen molar-refractivity contribution in [3.63, 3.8) is 0 Å². The number of rotatable bonds is 4. The highest BCUT2D eigenvalue weighted by atomic mass is 19.1. The summed E-state index contributed by atoms with van der Waals surface area (Å²) in [4.78, 5) is 37.4. The molecule has 8 nitrogen and oxygen atoms in total. The Morgan fingerprint density at radius 2 is 2.04 bits per heavy atom. The number of H-pyrrole nitrogens is 1. The lowest BCUT2D eigenvalue weighted by atomic mass is 9.98. The molecule has 9 heteroatoms. The number of aromatic nitrogens is 2. The molecule has 0 amide bonds. The van der Waals surface area contributed by atoms with E-state index in [-0.39, 0.29) is 5.56 Å². The van der Waals surface area contributed by atoms with Crippen molar-refractivity contribution >= 4 is 5.97 Å². The Labute approximate surface area is 146 Å². The van der Waals surface area contributed by atoms with Crippen LogP contribution >= 0.6 is 0 Å². The first-order valence-electron chi connectivity index (χ1n) is 7.87. The molecule has 26 heavy (non-hydrogen) atoms. The van der Waals surface area contributed by atoms with Crippen LogP contribution in [0.5, 0.6) is 0 Å². The van der Waals surface area contributed by atoms with E-state index in [0.717, 1.165) is 23.8 Å². The van der Waals surface area contributed by atoms with Crippen molar-refractivity contribution in [2.24, 2.45) is 0 Å². The summed E-state index contributed by atoms with van der Waals surface area (Å²) < 4.78 is 27.0. The van der Waals surface area contributed by atoms with Gasteiger partial charge >= 0.3 is 11.7 Å². The van der Waals surface area contributed by atoms with Crippen LogP contribution in [0.1, 0.15) is 23.5 Å². The Balaban J connectivity index is 1.91. The monoisotopic (exact) mass is 364 g/mol. The van der Waals surface area contributed by atoms with E-state index in [2.05, 4.69) is 0 Å². The normalized spacial score (nSPS) is 28.0. The number of esters is 1. The molecular weight excluding hydrogens is 347 g/mol. The number of hydrogen-bond donors (Lipinski definition) is 2. The molecule has 138 valence electrons. The third-order valence-electron chi connectivity index (χ3n) is 4.21. The smallest absolute Gasteiger partial charge is 0.338 e. The van der Waals surface area contributed by atoms with E-state index in [1.54, 1.807) is 18.2 Å². The maximum atomic E-state index is 15.5. The number of alkyl halides is 1. The van der Waals surface area contributed by atoms with Gasteiger partial charge in [0.05, 0.1) is 12.2 Å². The van der Waals surface area contributed by atoms with E-state index in [0.29, 0.717) is 0 Å². The van der Waals surface area contributed by atoms with Crippen LogP contribution in [0.25, 0.3) is 0 Å². The van der Waals surface area contributed by atoms with Gasteiger partial charge in [0.2, 0.25) is 0 Å². The Kier molecular flexibility index (Phi) is 4.75. The van der Waals surface area contributed by atoms with Gasteiger partial charge in [-0.3, -0.25) is 14.3 Å². The maximum Gasteiger partial charge on any atom is 0.338 e. The summed E-state index contributed by atoms with van der Waals surface area (Å²) in [5, 5.41) is 9.50. The summed E-state index contributed by atoms with van der Waals surface area (Å²) in [6, 6.07) is 9.02.